The summed E-state index contributed by atoms with van der Waals surface area (Å²) in [6.07, 6.45) is 5.08. The van der Waals surface area contributed by atoms with Crippen molar-refractivity contribution in [2.75, 3.05) is 11.1 Å². The Labute approximate surface area is 121 Å². The largest absolute Gasteiger partial charge is 0.489 e. The van der Waals surface area contributed by atoms with Gasteiger partial charge in [-0.2, -0.15) is 0 Å². The van der Waals surface area contributed by atoms with E-state index in [1.54, 1.807) is 0 Å². The normalized spacial score (nSPS) is 23.4. The van der Waals surface area contributed by atoms with Crippen molar-refractivity contribution < 1.29 is 9.84 Å². The molecule has 112 valence electrons. The standard InChI is InChI=1S/C16H26N2O2/c1-11(2)20-15-10-6-8-13(16(15)17)18-12-7-4-3-5-9-14(12)19/h6,8,10-12,14,18-19H,3-5,7,9,17H2,1-2H3. The molecule has 0 saturated heterocycles. The van der Waals surface area contributed by atoms with E-state index >= 15 is 0 Å². The maximum Gasteiger partial charge on any atom is 0.144 e. The second-order valence-corrected chi connectivity index (χ2v) is 5.84. The summed E-state index contributed by atoms with van der Waals surface area (Å²) in [4.78, 5) is 0. The number of ether oxygens (including phenoxy) is 1. The van der Waals surface area contributed by atoms with E-state index in [9.17, 15) is 5.11 Å². The van der Waals surface area contributed by atoms with Gasteiger partial charge in [0.1, 0.15) is 5.75 Å². The number of rotatable bonds is 4. The Bertz CT molecular complexity index is 434. The molecule has 2 atom stereocenters. The van der Waals surface area contributed by atoms with Crippen molar-refractivity contribution in [2.24, 2.45) is 0 Å². The molecule has 0 spiro atoms. The molecule has 1 saturated carbocycles. The maximum atomic E-state index is 10.2. The van der Waals surface area contributed by atoms with Crippen LogP contribution in [0.1, 0.15) is 46.0 Å². The third-order valence-corrected chi connectivity index (χ3v) is 3.75. The third kappa shape index (κ3) is 3.79. The minimum atomic E-state index is -0.299. The number of hydrogen-bond acceptors (Lipinski definition) is 4. The van der Waals surface area contributed by atoms with E-state index in [1.807, 2.05) is 32.0 Å². The Morgan fingerprint density at radius 1 is 1.25 bits per heavy atom. The molecule has 1 aliphatic carbocycles. The number of anilines is 2. The summed E-state index contributed by atoms with van der Waals surface area (Å²) < 4.78 is 5.70. The van der Waals surface area contributed by atoms with Crippen LogP contribution in [-0.4, -0.2) is 23.4 Å². The quantitative estimate of drug-likeness (QED) is 0.584. The van der Waals surface area contributed by atoms with Gasteiger partial charge in [-0.25, -0.2) is 0 Å². The van der Waals surface area contributed by atoms with E-state index < -0.39 is 0 Å². The molecule has 20 heavy (non-hydrogen) atoms. The lowest BCUT2D eigenvalue weighted by Crippen LogP contribution is -2.32. The van der Waals surface area contributed by atoms with Gasteiger partial charge in [0.15, 0.2) is 0 Å². The summed E-state index contributed by atoms with van der Waals surface area (Å²) >= 11 is 0. The van der Waals surface area contributed by atoms with Gasteiger partial charge in [-0.3, -0.25) is 0 Å². The number of aliphatic hydroxyl groups is 1. The van der Waals surface area contributed by atoms with Crippen LogP contribution in [0.4, 0.5) is 11.4 Å². The molecule has 2 rings (SSSR count). The van der Waals surface area contributed by atoms with E-state index in [2.05, 4.69) is 5.32 Å². The average Bonchev–Trinajstić information content (AvgIpc) is 2.59. The SMILES string of the molecule is CC(C)Oc1cccc(NC2CCCCCC2O)c1N. The van der Waals surface area contributed by atoms with Crippen LogP contribution in [0.25, 0.3) is 0 Å². The number of nitrogens with two attached hydrogens (primary N) is 1. The Kier molecular flexibility index (Phi) is 5.12. The Morgan fingerprint density at radius 3 is 2.75 bits per heavy atom. The summed E-state index contributed by atoms with van der Waals surface area (Å²) in [5, 5.41) is 13.6. The number of benzene rings is 1. The summed E-state index contributed by atoms with van der Waals surface area (Å²) in [6, 6.07) is 5.83. The zero-order valence-electron chi connectivity index (χ0n) is 12.4. The molecule has 0 amide bonds. The van der Waals surface area contributed by atoms with E-state index in [0.717, 1.165) is 31.4 Å². The van der Waals surface area contributed by atoms with Crippen LogP contribution in [-0.2, 0) is 0 Å². The van der Waals surface area contributed by atoms with Gasteiger partial charge in [0.2, 0.25) is 0 Å². The third-order valence-electron chi connectivity index (χ3n) is 3.75. The number of nitrogens with one attached hydrogen (secondary N) is 1. The Hall–Kier alpha value is -1.42. The molecule has 1 aliphatic rings. The van der Waals surface area contributed by atoms with Gasteiger partial charge < -0.3 is 20.9 Å². The smallest absolute Gasteiger partial charge is 0.144 e. The van der Waals surface area contributed by atoms with Crippen molar-refractivity contribution in [3.05, 3.63) is 18.2 Å². The predicted molar refractivity (Wildman–Crippen MR) is 83.1 cm³/mol. The highest BCUT2D eigenvalue weighted by atomic mass is 16.5. The summed E-state index contributed by atoms with van der Waals surface area (Å²) in [6.45, 7) is 3.96. The highest BCUT2D eigenvalue weighted by molar-refractivity contribution is 5.73. The molecule has 0 heterocycles. The minimum Gasteiger partial charge on any atom is -0.489 e. The summed E-state index contributed by atoms with van der Waals surface area (Å²) in [7, 11) is 0. The van der Waals surface area contributed by atoms with E-state index in [4.69, 9.17) is 10.5 Å². The van der Waals surface area contributed by atoms with Crippen LogP contribution in [0.5, 0.6) is 5.75 Å². The van der Waals surface area contributed by atoms with Gasteiger partial charge in [-0.1, -0.05) is 25.3 Å². The zero-order chi connectivity index (χ0) is 14.5. The Balaban J connectivity index is 2.12. The zero-order valence-corrected chi connectivity index (χ0v) is 12.4. The molecule has 4 N–H and O–H groups in total. The van der Waals surface area contributed by atoms with Gasteiger partial charge in [-0.15, -0.1) is 0 Å². The van der Waals surface area contributed by atoms with Gasteiger partial charge in [0, 0.05) is 0 Å². The van der Waals surface area contributed by atoms with Crippen LogP contribution >= 0.6 is 0 Å². The van der Waals surface area contributed by atoms with Crippen LogP contribution in [0.3, 0.4) is 0 Å². The fourth-order valence-electron chi connectivity index (χ4n) is 2.68. The van der Waals surface area contributed by atoms with E-state index in [1.165, 1.54) is 6.42 Å². The molecule has 0 bridgehead atoms. The minimum absolute atomic E-state index is 0.0779. The lowest BCUT2D eigenvalue weighted by atomic mass is 10.1. The topological polar surface area (TPSA) is 67.5 Å². The number of nitrogen functional groups attached to an aromatic ring is 1. The van der Waals surface area contributed by atoms with E-state index in [-0.39, 0.29) is 18.2 Å². The number of aliphatic hydroxyl groups excluding tert-OH is 1. The first kappa shape index (κ1) is 15.0. The first-order valence-electron chi connectivity index (χ1n) is 7.57. The van der Waals surface area contributed by atoms with E-state index in [0.29, 0.717) is 11.4 Å². The molecule has 1 aromatic rings. The number of para-hydroxylation sites is 1. The van der Waals surface area contributed by atoms with Crippen LogP contribution < -0.4 is 15.8 Å². The molecule has 2 unspecified atom stereocenters. The van der Waals surface area contributed by atoms with Gasteiger partial charge in [0.05, 0.1) is 29.6 Å². The fourth-order valence-corrected chi connectivity index (χ4v) is 2.68. The number of hydrogen-bond donors (Lipinski definition) is 3. The average molecular weight is 278 g/mol. The Morgan fingerprint density at radius 2 is 2.00 bits per heavy atom. The molecular formula is C16H26N2O2. The lowest BCUT2D eigenvalue weighted by Gasteiger charge is -2.24. The first-order valence-corrected chi connectivity index (χ1v) is 7.57. The van der Waals surface area contributed by atoms with Crippen molar-refractivity contribution in [1.29, 1.82) is 0 Å². The first-order chi connectivity index (χ1) is 9.58. The van der Waals surface area contributed by atoms with Crippen molar-refractivity contribution in [1.82, 2.24) is 0 Å². The molecule has 0 aromatic heterocycles. The van der Waals surface area contributed by atoms with Gasteiger partial charge in [0.25, 0.3) is 0 Å². The van der Waals surface area contributed by atoms with Gasteiger partial charge in [-0.05, 0) is 38.8 Å². The molecule has 1 fully saturated rings. The molecule has 4 nitrogen and oxygen atoms in total. The van der Waals surface area contributed by atoms with Gasteiger partial charge >= 0.3 is 0 Å². The molecule has 1 aromatic carbocycles. The van der Waals surface area contributed by atoms with Crippen LogP contribution in [0.15, 0.2) is 18.2 Å². The second kappa shape index (κ2) is 6.84. The monoisotopic (exact) mass is 278 g/mol. The summed E-state index contributed by atoms with van der Waals surface area (Å²) in [5.41, 5.74) is 7.64. The second-order valence-electron chi connectivity index (χ2n) is 5.84. The van der Waals surface area contributed by atoms with Crippen molar-refractivity contribution in [3.8, 4) is 5.75 Å². The summed E-state index contributed by atoms with van der Waals surface area (Å²) in [5.74, 6) is 0.702. The molecule has 0 aliphatic heterocycles. The predicted octanol–water partition coefficient (Wildman–Crippen LogP) is 3.16. The van der Waals surface area contributed by atoms with Crippen LogP contribution in [0, 0.1) is 0 Å². The molecular weight excluding hydrogens is 252 g/mol. The van der Waals surface area contributed by atoms with Crippen molar-refractivity contribution >= 4 is 11.4 Å². The fraction of sp³-hybridized carbons (Fsp3) is 0.625. The van der Waals surface area contributed by atoms with Crippen molar-refractivity contribution in [2.45, 2.75) is 64.2 Å². The molecule has 0 radical (unpaired) electrons. The highest BCUT2D eigenvalue weighted by Gasteiger charge is 2.22. The highest BCUT2D eigenvalue weighted by Crippen LogP contribution is 2.32. The van der Waals surface area contributed by atoms with Crippen LogP contribution in [0.2, 0.25) is 0 Å². The van der Waals surface area contributed by atoms with Crippen molar-refractivity contribution in [3.63, 3.8) is 0 Å². The molecule has 4 heteroatoms. The lowest BCUT2D eigenvalue weighted by molar-refractivity contribution is 0.144. The maximum absolute atomic E-state index is 10.2.